The van der Waals surface area contributed by atoms with Crippen molar-refractivity contribution < 1.29 is 5.11 Å². The first-order valence-corrected chi connectivity index (χ1v) is 8.84. The largest absolute Gasteiger partial charge is 0.393 e. The third-order valence-electron chi connectivity index (χ3n) is 3.88. The van der Waals surface area contributed by atoms with Crippen molar-refractivity contribution in [1.29, 1.82) is 0 Å². The smallest absolute Gasteiger partial charge is 0.0542 e. The highest BCUT2D eigenvalue weighted by Gasteiger charge is 2.05. The molecule has 0 saturated heterocycles. The summed E-state index contributed by atoms with van der Waals surface area (Å²) in [5.41, 5.74) is 0. The molecule has 0 aliphatic heterocycles. The van der Waals surface area contributed by atoms with E-state index >= 15 is 0 Å². The molecule has 0 spiro atoms. The first-order valence-electron chi connectivity index (χ1n) is 8.84. The van der Waals surface area contributed by atoms with E-state index in [9.17, 15) is 5.11 Å². The molecule has 0 aliphatic carbocycles. The molecular formula is C18H38O. The van der Waals surface area contributed by atoms with Gasteiger partial charge in [0.15, 0.2) is 0 Å². The molecule has 1 nitrogen and oxygen atoms in total. The Balaban J connectivity index is 3.06. The van der Waals surface area contributed by atoms with Crippen molar-refractivity contribution in [2.45, 2.75) is 110 Å². The summed E-state index contributed by atoms with van der Waals surface area (Å²) in [4.78, 5) is 0. The number of hydrogen-bond donors (Lipinski definition) is 1. The monoisotopic (exact) mass is 270 g/mol. The number of aliphatic hydroxyl groups excluding tert-OH is 1. The number of hydrogen-bond acceptors (Lipinski definition) is 1. The summed E-state index contributed by atoms with van der Waals surface area (Å²) in [5.74, 6) is 0.628. The summed E-state index contributed by atoms with van der Waals surface area (Å²) >= 11 is 0. The van der Waals surface area contributed by atoms with Crippen LogP contribution < -0.4 is 0 Å². The second-order valence-electron chi connectivity index (χ2n) is 6.61. The van der Waals surface area contributed by atoms with Crippen LogP contribution in [0, 0.1) is 5.92 Å². The molecule has 0 aromatic rings. The molecule has 0 rings (SSSR count). The molecule has 116 valence electrons. The van der Waals surface area contributed by atoms with Crippen LogP contribution in [0.5, 0.6) is 0 Å². The minimum atomic E-state index is -0.0569. The summed E-state index contributed by atoms with van der Waals surface area (Å²) in [6.07, 6.45) is 17.1. The van der Waals surface area contributed by atoms with Gasteiger partial charge in [-0.3, -0.25) is 0 Å². The molecule has 1 N–H and O–H groups in total. The number of aliphatic hydroxyl groups is 1. The van der Waals surface area contributed by atoms with E-state index in [0.29, 0.717) is 5.92 Å². The first-order chi connectivity index (χ1) is 9.16. The molecule has 1 unspecified atom stereocenters. The van der Waals surface area contributed by atoms with Gasteiger partial charge in [-0.15, -0.1) is 0 Å². The average molecular weight is 271 g/mol. The van der Waals surface area contributed by atoms with Crippen LogP contribution >= 0.6 is 0 Å². The second-order valence-corrected chi connectivity index (χ2v) is 6.61. The quantitative estimate of drug-likeness (QED) is 0.378. The molecule has 0 aromatic heterocycles. The minimum Gasteiger partial charge on any atom is -0.393 e. The van der Waals surface area contributed by atoms with Gasteiger partial charge in [0.1, 0.15) is 0 Å². The third kappa shape index (κ3) is 15.9. The predicted octanol–water partition coefficient (Wildman–Crippen LogP) is 6.09. The lowest BCUT2D eigenvalue weighted by atomic mass is 10.00. The zero-order chi connectivity index (χ0) is 14.3. The van der Waals surface area contributed by atoms with Crippen molar-refractivity contribution in [2.75, 3.05) is 0 Å². The second kappa shape index (κ2) is 14.4. The number of rotatable bonds is 14. The van der Waals surface area contributed by atoms with Gasteiger partial charge in [-0.1, -0.05) is 91.4 Å². The average Bonchev–Trinajstić information content (AvgIpc) is 2.35. The molecule has 0 aliphatic rings. The maximum absolute atomic E-state index is 9.76. The van der Waals surface area contributed by atoms with Crippen LogP contribution in [0.15, 0.2) is 0 Å². The molecule has 1 atom stereocenters. The van der Waals surface area contributed by atoms with Gasteiger partial charge < -0.3 is 5.11 Å². The maximum atomic E-state index is 9.76. The van der Waals surface area contributed by atoms with Crippen LogP contribution in [-0.2, 0) is 0 Å². The van der Waals surface area contributed by atoms with Crippen molar-refractivity contribution in [2.24, 2.45) is 5.92 Å². The standard InChI is InChI=1S/C18H38O/c1-4-5-6-7-8-9-10-11-12-13-14-15-18(19)16-17(2)3/h17-19H,4-16H2,1-3H3. The van der Waals surface area contributed by atoms with Gasteiger partial charge in [-0.25, -0.2) is 0 Å². The Kier molecular flexibility index (Phi) is 14.3. The molecule has 0 radical (unpaired) electrons. The van der Waals surface area contributed by atoms with Crippen LogP contribution in [0.2, 0.25) is 0 Å². The lowest BCUT2D eigenvalue weighted by Crippen LogP contribution is -2.09. The molecule has 0 fully saturated rings. The van der Waals surface area contributed by atoms with E-state index in [1.165, 1.54) is 70.6 Å². The van der Waals surface area contributed by atoms with E-state index in [1.54, 1.807) is 0 Å². The highest BCUT2D eigenvalue weighted by Crippen LogP contribution is 2.14. The van der Waals surface area contributed by atoms with E-state index in [2.05, 4.69) is 20.8 Å². The number of unbranched alkanes of at least 4 members (excludes halogenated alkanes) is 10. The lowest BCUT2D eigenvalue weighted by Gasteiger charge is -2.12. The Morgan fingerprint density at radius 1 is 0.684 bits per heavy atom. The fraction of sp³-hybridized carbons (Fsp3) is 1.00. The van der Waals surface area contributed by atoms with Gasteiger partial charge in [0.25, 0.3) is 0 Å². The molecule has 0 bridgehead atoms. The highest BCUT2D eigenvalue weighted by atomic mass is 16.3. The van der Waals surface area contributed by atoms with Crippen molar-refractivity contribution in [3.63, 3.8) is 0 Å². The predicted molar refractivity (Wildman–Crippen MR) is 86.5 cm³/mol. The minimum absolute atomic E-state index is 0.0569. The van der Waals surface area contributed by atoms with Gasteiger partial charge in [0.05, 0.1) is 6.10 Å². The normalized spacial score (nSPS) is 13.1. The molecular weight excluding hydrogens is 232 g/mol. The third-order valence-corrected chi connectivity index (χ3v) is 3.88. The van der Waals surface area contributed by atoms with Crippen molar-refractivity contribution in [1.82, 2.24) is 0 Å². The maximum Gasteiger partial charge on any atom is 0.0542 e. The molecule has 1 heteroatoms. The summed E-state index contributed by atoms with van der Waals surface area (Å²) < 4.78 is 0. The molecule has 0 saturated carbocycles. The summed E-state index contributed by atoms with van der Waals surface area (Å²) in [6, 6.07) is 0. The van der Waals surface area contributed by atoms with E-state index in [0.717, 1.165) is 12.8 Å². The van der Waals surface area contributed by atoms with Crippen LogP contribution in [0.3, 0.4) is 0 Å². The van der Waals surface area contributed by atoms with Gasteiger partial charge >= 0.3 is 0 Å². The first kappa shape index (κ1) is 19.0. The zero-order valence-electron chi connectivity index (χ0n) is 13.8. The van der Waals surface area contributed by atoms with Crippen LogP contribution in [0.1, 0.15) is 104 Å². The summed E-state index contributed by atoms with van der Waals surface area (Å²) in [5, 5.41) is 9.76. The van der Waals surface area contributed by atoms with E-state index in [1.807, 2.05) is 0 Å². The van der Waals surface area contributed by atoms with Gasteiger partial charge in [-0.2, -0.15) is 0 Å². The van der Waals surface area contributed by atoms with Crippen LogP contribution in [0.4, 0.5) is 0 Å². The molecule has 19 heavy (non-hydrogen) atoms. The SMILES string of the molecule is CCCCCCCCCCCCCC(O)CC(C)C. The van der Waals surface area contributed by atoms with Gasteiger partial charge in [0.2, 0.25) is 0 Å². The van der Waals surface area contributed by atoms with Crippen molar-refractivity contribution >= 4 is 0 Å². The van der Waals surface area contributed by atoms with Crippen LogP contribution in [-0.4, -0.2) is 11.2 Å². The molecule has 0 amide bonds. The highest BCUT2D eigenvalue weighted by molar-refractivity contribution is 4.58. The fourth-order valence-corrected chi connectivity index (χ4v) is 2.71. The Morgan fingerprint density at radius 3 is 1.53 bits per heavy atom. The Bertz CT molecular complexity index is 165. The summed E-state index contributed by atoms with van der Waals surface area (Å²) in [6.45, 7) is 6.64. The topological polar surface area (TPSA) is 20.2 Å². The molecule has 0 aromatic carbocycles. The Hall–Kier alpha value is -0.0400. The van der Waals surface area contributed by atoms with Crippen molar-refractivity contribution in [3.05, 3.63) is 0 Å². The fourth-order valence-electron chi connectivity index (χ4n) is 2.71. The lowest BCUT2D eigenvalue weighted by molar-refractivity contribution is 0.136. The van der Waals surface area contributed by atoms with E-state index in [4.69, 9.17) is 0 Å². The Labute approximate surface area is 122 Å². The van der Waals surface area contributed by atoms with Crippen molar-refractivity contribution in [3.8, 4) is 0 Å². The summed E-state index contributed by atoms with van der Waals surface area (Å²) in [7, 11) is 0. The molecule has 0 heterocycles. The van der Waals surface area contributed by atoms with E-state index < -0.39 is 0 Å². The van der Waals surface area contributed by atoms with Gasteiger partial charge in [-0.05, 0) is 18.8 Å². The van der Waals surface area contributed by atoms with Crippen LogP contribution in [0.25, 0.3) is 0 Å². The Morgan fingerprint density at radius 2 is 1.11 bits per heavy atom. The zero-order valence-corrected chi connectivity index (χ0v) is 13.8. The van der Waals surface area contributed by atoms with Gasteiger partial charge in [0, 0.05) is 0 Å². The van der Waals surface area contributed by atoms with E-state index in [-0.39, 0.29) is 6.10 Å².